The van der Waals surface area contributed by atoms with Crippen molar-refractivity contribution in [2.45, 2.75) is 12.7 Å². The van der Waals surface area contributed by atoms with Gasteiger partial charge in [0, 0.05) is 24.4 Å². The molecule has 2 aromatic rings. The summed E-state index contributed by atoms with van der Waals surface area (Å²) in [5.41, 5.74) is -1.33. The molecule has 156 valence electrons. The molecule has 2 rings (SSSR count). The molecule has 0 radical (unpaired) electrons. The number of anilines is 1. The Bertz CT molecular complexity index is 1060. The average molecular weight is 452 g/mol. The lowest BCUT2D eigenvalue weighted by molar-refractivity contribution is -0.137. The number of halogens is 5. The predicted molar refractivity (Wildman–Crippen MR) is 100.0 cm³/mol. The first-order valence-corrected chi connectivity index (χ1v) is 10.1. The van der Waals surface area contributed by atoms with E-state index in [0.717, 1.165) is 30.7 Å². The van der Waals surface area contributed by atoms with Crippen molar-refractivity contribution in [2.24, 2.45) is 0 Å². The summed E-state index contributed by atoms with van der Waals surface area (Å²) in [5, 5.41) is 2.04. The zero-order chi connectivity index (χ0) is 21.8. The van der Waals surface area contributed by atoms with Gasteiger partial charge in [-0.3, -0.25) is 9.52 Å². The number of rotatable bonds is 6. The van der Waals surface area contributed by atoms with Crippen molar-refractivity contribution >= 4 is 39.3 Å². The molecule has 29 heavy (non-hydrogen) atoms. The molecule has 0 aliphatic carbocycles. The highest BCUT2D eigenvalue weighted by Gasteiger charge is 2.33. The predicted octanol–water partition coefficient (Wildman–Crippen LogP) is 3.59. The molecule has 1 amide bonds. The molecule has 0 atom stereocenters. The second kappa shape index (κ2) is 8.78. The number of sulfonamides is 1. The summed E-state index contributed by atoms with van der Waals surface area (Å²) in [6, 6.07) is 4.23. The number of carbonyl (C=O) groups excluding carboxylic acids is 1. The molecule has 0 saturated heterocycles. The van der Waals surface area contributed by atoms with E-state index in [9.17, 15) is 30.8 Å². The summed E-state index contributed by atoms with van der Waals surface area (Å²) in [6.07, 6.45) is -1.12. The Morgan fingerprint density at radius 2 is 1.97 bits per heavy atom. The van der Waals surface area contributed by atoms with Crippen LogP contribution in [0.3, 0.4) is 0 Å². The lowest BCUT2D eigenvalue weighted by Gasteiger charge is -2.10. The number of hydrogen-bond acceptors (Lipinski definition) is 4. The standard InChI is InChI=1S/C17H14ClF4N3O3S/c1-29(27,28)25-14-4-2-10(6-13(14)19)8-24-16(26)5-3-11-9-23-15(18)7-12(11)17(20,21)22/h2-7,9,25H,8H2,1H3,(H,24,26). The minimum Gasteiger partial charge on any atom is -0.348 e. The van der Waals surface area contributed by atoms with Gasteiger partial charge in [-0.25, -0.2) is 17.8 Å². The number of aromatic nitrogens is 1. The molecule has 2 N–H and O–H groups in total. The topological polar surface area (TPSA) is 88.2 Å². The third-order valence-corrected chi connectivity index (χ3v) is 4.21. The molecule has 0 fully saturated rings. The number of benzene rings is 1. The second-order valence-electron chi connectivity index (χ2n) is 5.83. The number of amides is 1. The molecule has 0 aliphatic rings. The first kappa shape index (κ1) is 22.6. The van der Waals surface area contributed by atoms with Gasteiger partial charge in [-0.1, -0.05) is 17.7 Å². The van der Waals surface area contributed by atoms with Gasteiger partial charge in [0.1, 0.15) is 11.0 Å². The maximum atomic E-state index is 13.9. The van der Waals surface area contributed by atoms with Crippen LogP contribution >= 0.6 is 11.6 Å². The normalized spacial score (nSPS) is 12.2. The number of nitrogens with one attached hydrogen (secondary N) is 2. The SMILES string of the molecule is CS(=O)(=O)Nc1ccc(CNC(=O)C=Cc2cnc(Cl)cc2C(F)(F)F)cc1F. The first-order valence-electron chi connectivity index (χ1n) is 7.80. The highest BCUT2D eigenvalue weighted by Crippen LogP contribution is 2.33. The molecule has 6 nitrogen and oxygen atoms in total. The van der Waals surface area contributed by atoms with Gasteiger partial charge in [-0.2, -0.15) is 13.2 Å². The van der Waals surface area contributed by atoms with Gasteiger partial charge in [0.2, 0.25) is 15.9 Å². The lowest BCUT2D eigenvalue weighted by atomic mass is 10.1. The van der Waals surface area contributed by atoms with Crippen LogP contribution in [0.1, 0.15) is 16.7 Å². The van der Waals surface area contributed by atoms with Crippen molar-refractivity contribution in [1.82, 2.24) is 10.3 Å². The van der Waals surface area contributed by atoms with Crippen LogP contribution in [0, 0.1) is 5.82 Å². The number of carbonyl (C=O) groups is 1. The molecule has 1 aromatic heterocycles. The maximum absolute atomic E-state index is 13.9. The highest BCUT2D eigenvalue weighted by atomic mass is 35.5. The summed E-state index contributed by atoms with van der Waals surface area (Å²) >= 11 is 5.48. The maximum Gasteiger partial charge on any atom is 0.417 e. The van der Waals surface area contributed by atoms with E-state index >= 15 is 0 Å². The molecule has 1 heterocycles. The van der Waals surface area contributed by atoms with Gasteiger partial charge in [-0.05, 0) is 29.8 Å². The summed E-state index contributed by atoms with van der Waals surface area (Å²) < 4.78 is 77.1. The van der Waals surface area contributed by atoms with Crippen LogP contribution in [0.5, 0.6) is 0 Å². The monoisotopic (exact) mass is 451 g/mol. The van der Waals surface area contributed by atoms with E-state index in [1.54, 1.807) is 0 Å². The average Bonchev–Trinajstić information content (AvgIpc) is 2.59. The Hall–Kier alpha value is -2.66. The molecule has 0 bridgehead atoms. The summed E-state index contributed by atoms with van der Waals surface area (Å²) in [4.78, 5) is 15.4. The van der Waals surface area contributed by atoms with Crippen LogP contribution in [0.15, 0.2) is 36.5 Å². The van der Waals surface area contributed by atoms with Crippen LogP contribution in [0.4, 0.5) is 23.2 Å². The zero-order valence-electron chi connectivity index (χ0n) is 14.7. The van der Waals surface area contributed by atoms with Gasteiger partial charge >= 0.3 is 6.18 Å². The minimum atomic E-state index is -4.68. The van der Waals surface area contributed by atoms with E-state index < -0.39 is 33.5 Å². The van der Waals surface area contributed by atoms with Crippen molar-refractivity contribution < 1.29 is 30.8 Å². The quantitative estimate of drug-likeness (QED) is 0.399. The fourth-order valence-corrected chi connectivity index (χ4v) is 2.91. The summed E-state index contributed by atoms with van der Waals surface area (Å²) in [5.74, 6) is -1.58. The van der Waals surface area contributed by atoms with Crippen LogP contribution < -0.4 is 10.0 Å². The Kier molecular flexibility index (Phi) is 6.85. The Labute approximate surface area is 168 Å². The van der Waals surface area contributed by atoms with E-state index in [1.165, 1.54) is 12.1 Å². The first-order chi connectivity index (χ1) is 13.3. The third kappa shape index (κ3) is 7.02. The third-order valence-electron chi connectivity index (χ3n) is 3.42. The Morgan fingerprint density at radius 3 is 2.55 bits per heavy atom. The van der Waals surface area contributed by atoms with Crippen molar-refractivity contribution in [2.75, 3.05) is 11.0 Å². The van der Waals surface area contributed by atoms with Crippen LogP contribution in [0.25, 0.3) is 6.08 Å². The van der Waals surface area contributed by atoms with Crippen molar-refractivity contribution in [3.8, 4) is 0 Å². The Morgan fingerprint density at radius 1 is 1.28 bits per heavy atom. The fraction of sp³-hybridized carbons (Fsp3) is 0.176. The van der Waals surface area contributed by atoms with Gasteiger partial charge in [0.15, 0.2) is 0 Å². The van der Waals surface area contributed by atoms with E-state index in [0.29, 0.717) is 11.6 Å². The van der Waals surface area contributed by atoms with Crippen molar-refractivity contribution in [1.29, 1.82) is 0 Å². The molecule has 1 aromatic carbocycles. The van der Waals surface area contributed by atoms with Gasteiger partial charge in [-0.15, -0.1) is 0 Å². The largest absolute Gasteiger partial charge is 0.417 e. The van der Waals surface area contributed by atoms with E-state index in [-0.39, 0.29) is 22.9 Å². The van der Waals surface area contributed by atoms with E-state index in [2.05, 4.69) is 10.3 Å². The lowest BCUT2D eigenvalue weighted by Crippen LogP contribution is -2.20. The molecular formula is C17H14ClF4N3O3S. The highest BCUT2D eigenvalue weighted by molar-refractivity contribution is 7.92. The molecule has 0 saturated carbocycles. The molecular weight excluding hydrogens is 438 g/mol. The summed E-state index contributed by atoms with van der Waals surface area (Å²) in [6.45, 7) is -0.135. The van der Waals surface area contributed by atoms with Crippen LogP contribution in [-0.4, -0.2) is 25.6 Å². The van der Waals surface area contributed by atoms with Gasteiger partial charge in [0.05, 0.1) is 17.5 Å². The minimum absolute atomic E-state index is 0.135. The number of nitrogens with zero attached hydrogens (tertiary/aromatic N) is 1. The number of alkyl halides is 3. The smallest absolute Gasteiger partial charge is 0.348 e. The summed E-state index contributed by atoms with van der Waals surface area (Å²) in [7, 11) is -3.65. The van der Waals surface area contributed by atoms with Crippen molar-refractivity contribution in [3.05, 3.63) is 64.2 Å². The van der Waals surface area contributed by atoms with E-state index in [4.69, 9.17) is 11.6 Å². The van der Waals surface area contributed by atoms with E-state index in [1.807, 2.05) is 4.72 Å². The zero-order valence-corrected chi connectivity index (χ0v) is 16.3. The fourth-order valence-electron chi connectivity index (χ4n) is 2.18. The van der Waals surface area contributed by atoms with Gasteiger partial charge in [0.25, 0.3) is 0 Å². The van der Waals surface area contributed by atoms with Crippen LogP contribution in [0.2, 0.25) is 5.15 Å². The van der Waals surface area contributed by atoms with Crippen LogP contribution in [-0.2, 0) is 27.5 Å². The Balaban J connectivity index is 2.05. The van der Waals surface area contributed by atoms with Gasteiger partial charge < -0.3 is 5.32 Å². The molecule has 0 aliphatic heterocycles. The second-order valence-corrected chi connectivity index (χ2v) is 7.97. The number of pyridine rings is 1. The molecule has 0 spiro atoms. The molecule has 12 heteroatoms. The number of hydrogen-bond donors (Lipinski definition) is 2. The van der Waals surface area contributed by atoms with Crippen molar-refractivity contribution in [3.63, 3.8) is 0 Å². The molecule has 0 unspecified atom stereocenters.